The summed E-state index contributed by atoms with van der Waals surface area (Å²) in [6, 6.07) is 27.0. The molecule has 0 saturated heterocycles. The Kier molecular flexibility index (Phi) is 5.85. The van der Waals surface area contributed by atoms with Crippen LogP contribution < -0.4 is 10.7 Å². The molecule has 6 nitrogen and oxygen atoms in total. The number of anilines is 1. The summed E-state index contributed by atoms with van der Waals surface area (Å²) >= 11 is 0. The second-order valence-corrected chi connectivity index (χ2v) is 9.62. The number of para-hydroxylation sites is 1. The third-order valence-corrected chi connectivity index (χ3v) is 6.93. The molecule has 1 unspecified atom stereocenters. The van der Waals surface area contributed by atoms with Crippen LogP contribution in [0.2, 0.25) is 0 Å². The number of nitrogens with zero attached hydrogens (tertiary/aromatic N) is 3. The summed E-state index contributed by atoms with van der Waals surface area (Å²) in [5.74, 6) is 0.658. The van der Waals surface area contributed by atoms with Crippen LogP contribution in [-0.4, -0.2) is 22.0 Å². The van der Waals surface area contributed by atoms with Gasteiger partial charge < -0.3 is 4.90 Å². The molecule has 1 aliphatic heterocycles. The van der Waals surface area contributed by atoms with Crippen molar-refractivity contribution < 1.29 is 4.52 Å². The van der Waals surface area contributed by atoms with Crippen LogP contribution in [-0.2, 0) is 6.42 Å². The molecule has 6 rings (SSSR count). The molecule has 2 heterocycles. The molecule has 180 valence electrons. The first kappa shape index (κ1) is 22.3. The summed E-state index contributed by atoms with van der Waals surface area (Å²) < 4.78 is 4.72. The lowest BCUT2D eigenvalue weighted by Crippen LogP contribution is -2.33. The van der Waals surface area contributed by atoms with Crippen LogP contribution in [0, 0.1) is 5.92 Å². The Morgan fingerprint density at radius 2 is 1.67 bits per heavy atom. The van der Waals surface area contributed by atoms with Crippen LogP contribution in [0.25, 0.3) is 22.5 Å². The average Bonchev–Trinajstić information content (AvgIpc) is 3.63. The van der Waals surface area contributed by atoms with E-state index in [1.807, 2.05) is 30.3 Å². The van der Waals surface area contributed by atoms with E-state index in [1.165, 1.54) is 29.7 Å². The third kappa shape index (κ3) is 4.67. The van der Waals surface area contributed by atoms with Crippen LogP contribution in [0.4, 0.5) is 5.69 Å². The van der Waals surface area contributed by atoms with E-state index < -0.39 is 5.76 Å². The zero-order chi connectivity index (χ0) is 24.5. The summed E-state index contributed by atoms with van der Waals surface area (Å²) in [5.41, 5.74) is 7.82. The lowest BCUT2D eigenvalue weighted by atomic mass is 9.94. The van der Waals surface area contributed by atoms with Crippen molar-refractivity contribution in [3.8, 4) is 22.5 Å². The maximum Gasteiger partial charge on any atom is 0.439 e. The summed E-state index contributed by atoms with van der Waals surface area (Å²) in [4.78, 5) is 21.5. The number of aromatic amines is 1. The van der Waals surface area contributed by atoms with Crippen molar-refractivity contribution in [1.29, 1.82) is 0 Å². The van der Waals surface area contributed by atoms with Crippen molar-refractivity contribution >= 4 is 11.4 Å². The van der Waals surface area contributed by atoms with E-state index in [4.69, 9.17) is 9.52 Å². The lowest BCUT2D eigenvalue weighted by molar-refractivity contribution is 0.388. The fraction of sp³-hybridized carbons (Fsp3) is 0.233. The SMILES string of the molecule is CC1N=C(CC2CC2)C(Cc2ccc(-c3ccccc3-c3noc(=O)[nH]3)cc2)=CN1c1ccccc1. The normalized spacial score (nSPS) is 17.6. The summed E-state index contributed by atoms with van der Waals surface area (Å²) in [7, 11) is 0. The minimum absolute atomic E-state index is 0.0896. The highest BCUT2D eigenvalue weighted by Crippen LogP contribution is 2.36. The van der Waals surface area contributed by atoms with E-state index in [9.17, 15) is 4.79 Å². The minimum Gasteiger partial charge on any atom is -0.325 e. The number of aromatic nitrogens is 2. The molecule has 0 amide bonds. The van der Waals surface area contributed by atoms with Crippen LogP contribution in [0.5, 0.6) is 0 Å². The zero-order valence-electron chi connectivity index (χ0n) is 20.2. The fourth-order valence-corrected chi connectivity index (χ4v) is 4.85. The van der Waals surface area contributed by atoms with Gasteiger partial charge in [-0.05, 0) is 66.5 Å². The molecule has 0 bridgehead atoms. The van der Waals surface area contributed by atoms with Gasteiger partial charge in [-0.1, -0.05) is 71.9 Å². The van der Waals surface area contributed by atoms with Crippen molar-refractivity contribution in [3.05, 3.63) is 107 Å². The molecule has 1 aliphatic carbocycles. The standard InChI is InChI=1S/C30H28N4O2/c1-20-31-28(18-22-11-12-22)24(19-34(20)25-7-3-2-4-8-25)17-21-13-15-23(16-14-21)26-9-5-6-10-27(26)29-32-30(35)36-33-29/h2-10,13-16,19-20,22H,11-12,17-18H2,1H3,(H,32,33,35). The highest BCUT2D eigenvalue weighted by Gasteiger charge is 2.28. The number of aliphatic imine (C=N–C) groups is 1. The van der Waals surface area contributed by atoms with Gasteiger partial charge in [0.15, 0.2) is 5.82 Å². The molecule has 1 atom stereocenters. The number of nitrogens with one attached hydrogen (secondary N) is 1. The summed E-state index contributed by atoms with van der Waals surface area (Å²) in [6.45, 7) is 2.17. The molecule has 3 aromatic carbocycles. The quantitative estimate of drug-likeness (QED) is 0.343. The third-order valence-electron chi connectivity index (χ3n) is 6.93. The van der Waals surface area contributed by atoms with E-state index >= 15 is 0 Å². The van der Waals surface area contributed by atoms with Gasteiger partial charge in [0, 0.05) is 29.6 Å². The number of hydrogen-bond acceptors (Lipinski definition) is 5. The van der Waals surface area contributed by atoms with E-state index in [1.54, 1.807) is 0 Å². The second-order valence-electron chi connectivity index (χ2n) is 9.62. The van der Waals surface area contributed by atoms with Crippen LogP contribution in [0.1, 0.15) is 31.7 Å². The predicted molar refractivity (Wildman–Crippen MR) is 143 cm³/mol. The van der Waals surface area contributed by atoms with Gasteiger partial charge in [0.05, 0.1) is 0 Å². The Hall–Kier alpha value is -4.19. The van der Waals surface area contributed by atoms with Crippen molar-refractivity contribution in [3.63, 3.8) is 0 Å². The summed E-state index contributed by atoms with van der Waals surface area (Å²) in [6.07, 6.45) is 6.92. The molecule has 2 aliphatic rings. The molecule has 36 heavy (non-hydrogen) atoms. The highest BCUT2D eigenvalue weighted by atomic mass is 16.5. The number of hydrogen-bond donors (Lipinski definition) is 1. The number of rotatable bonds is 7. The Bertz CT molecular complexity index is 1480. The van der Waals surface area contributed by atoms with Gasteiger partial charge in [0.25, 0.3) is 0 Å². The maximum atomic E-state index is 11.5. The van der Waals surface area contributed by atoms with E-state index in [0.717, 1.165) is 41.1 Å². The first-order chi connectivity index (χ1) is 17.6. The lowest BCUT2D eigenvalue weighted by Gasteiger charge is -2.32. The molecular formula is C30H28N4O2. The molecule has 4 aromatic rings. The first-order valence-electron chi connectivity index (χ1n) is 12.5. The van der Waals surface area contributed by atoms with Gasteiger partial charge in [-0.2, -0.15) is 0 Å². The Morgan fingerprint density at radius 3 is 2.36 bits per heavy atom. The van der Waals surface area contributed by atoms with Gasteiger partial charge in [-0.3, -0.25) is 14.5 Å². The topological polar surface area (TPSA) is 74.5 Å². The largest absolute Gasteiger partial charge is 0.439 e. The Labute approximate surface area is 210 Å². The first-order valence-corrected chi connectivity index (χ1v) is 12.5. The highest BCUT2D eigenvalue weighted by molar-refractivity contribution is 6.02. The van der Waals surface area contributed by atoms with Crippen LogP contribution in [0.3, 0.4) is 0 Å². The molecule has 1 aromatic heterocycles. The van der Waals surface area contributed by atoms with Gasteiger partial charge in [-0.15, -0.1) is 0 Å². The van der Waals surface area contributed by atoms with Gasteiger partial charge in [-0.25, -0.2) is 4.79 Å². The summed E-state index contributed by atoms with van der Waals surface area (Å²) in [5, 5.41) is 3.87. The van der Waals surface area contributed by atoms with Gasteiger partial charge in [0.1, 0.15) is 6.17 Å². The van der Waals surface area contributed by atoms with Crippen molar-refractivity contribution in [2.45, 2.75) is 38.8 Å². The molecule has 1 saturated carbocycles. The van der Waals surface area contributed by atoms with E-state index in [-0.39, 0.29) is 6.17 Å². The number of H-pyrrole nitrogens is 1. The van der Waals surface area contributed by atoms with Gasteiger partial charge >= 0.3 is 5.76 Å². The molecule has 1 fully saturated rings. The Morgan fingerprint density at radius 1 is 0.944 bits per heavy atom. The zero-order valence-corrected chi connectivity index (χ0v) is 20.2. The Balaban J connectivity index is 1.28. The van der Waals surface area contributed by atoms with E-state index in [2.05, 4.69) is 76.7 Å². The maximum absolute atomic E-state index is 11.5. The molecular weight excluding hydrogens is 448 g/mol. The molecule has 6 heteroatoms. The van der Waals surface area contributed by atoms with Gasteiger partial charge in [0.2, 0.25) is 0 Å². The molecule has 0 spiro atoms. The van der Waals surface area contributed by atoms with Crippen molar-refractivity contribution in [2.75, 3.05) is 4.90 Å². The average molecular weight is 477 g/mol. The smallest absolute Gasteiger partial charge is 0.325 e. The molecule has 0 radical (unpaired) electrons. The predicted octanol–water partition coefficient (Wildman–Crippen LogP) is 6.23. The number of benzene rings is 3. The number of allylic oxidation sites excluding steroid dienone is 1. The van der Waals surface area contributed by atoms with Crippen molar-refractivity contribution in [2.24, 2.45) is 10.9 Å². The molecule has 1 N–H and O–H groups in total. The fourth-order valence-electron chi connectivity index (χ4n) is 4.85. The monoisotopic (exact) mass is 476 g/mol. The van der Waals surface area contributed by atoms with Crippen LogP contribution in [0.15, 0.2) is 105 Å². The second kappa shape index (κ2) is 9.46. The van der Waals surface area contributed by atoms with Crippen molar-refractivity contribution in [1.82, 2.24) is 10.1 Å². The van der Waals surface area contributed by atoms with Crippen LogP contribution >= 0.6 is 0 Å². The minimum atomic E-state index is -0.557. The van der Waals surface area contributed by atoms with E-state index in [0.29, 0.717) is 5.82 Å².